The van der Waals surface area contributed by atoms with Gasteiger partial charge in [-0.25, -0.2) is 0 Å². The average molecular weight is 289 g/mol. The zero-order valence-corrected chi connectivity index (χ0v) is 13.2. The third kappa shape index (κ3) is 3.27. The molecule has 1 atom stereocenters. The number of hydrogen-bond donors (Lipinski definition) is 0. The summed E-state index contributed by atoms with van der Waals surface area (Å²) in [4.78, 5) is 14.4. The molecule has 0 amide bonds. The molecule has 0 aromatic heterocycles. The van der Waals surface area contributed by atoms with Gasteiger partial charge in [0.15, 0.2) is 0 Å². The van der Waals surface area contributed by atoms with Crippen LogP contribution in [0.15, 0.2) is 30.1 Å². The Bertz CT molecular complexity index is 549. The molecule has 4 nitrogen and oxygen atoms in total. The summed E-state index contributed by atoms with van der Waals surface area (Å²) < 4.78 is 11.1. The fourth-order valence-electron chi connectivity index (χ4n) is 2.46. The van der Waals surface area contributed by atoms with Crippen molar-refractivity contribution in [3.05, 3.63) is 41.3 Å². The number of Topliss-reactive ketones (excluding diaryl/α,β-unsaturated/α-hetero) is 1. The van der Waals surface area contributed by atoms with Gasteiger partial charge >= 0.3 is 0 Å². The van der Waals surface area contributed by atoms with Crippen LogP contribution in [0.3, 0.4) is 0 Å². The molecule has 1 unspecified atom stereocenters. The minimum atomic E-state index is -0.822. The van der Waals surface area contributed by atoms with Crippen LogP contribution in [0.25, 0.3) is 5.57 Å². The number of benzene rings is 1. The Morgan fingerprint density at radius 1 is 1.29 bits per heavy atom. The monoisotopic (exact) mass is 289 g/mol. The Morgan fingerprint density at radius 3 is 2.67 bits per heavy atom. The second-order valence-electron chi connectivity index (χ2n) is 5.29. The van der Waals surface area contributed by atoms with Crippen molar-refractivity contribution in [3.63, 3.8) is 0 Å². The van der Waals surface area contributed by atoms with Crippen molar-refractivity contribution in [2.75, 3.05) is 20.7 Å². The third-order valence-corrected chi connectivity index (χ3v) is 3.37. The van der Waals surface area contributed by atoms with Gasteiger partial charge in [0.2, 0.25) is 11.7 Å². The van der Waals surface area contributed by atoms with Crippen LogP contribution >= 0.6 is 0 Å². The lowest BCUT2D eigenvalue weighted by Crippen LogP contribution is -2.22. The number of nitrogens with zero attached hydrogens (tertiary/aromatic N) is 1. The smallest absolute Gasteiger partial charge is 0.266 e. The SMILES string of the molecule is CCCc1cccc(C2=C(N(C)C)OC(OCC)C2=O)c1. The van der Waals surface area contributed by atoms with E-state index in [1.165, 1.54) is 5.56 Å². The number of carbonyl (C=O) groups excluding carboxylic acids is 1. The van der Waals surface area contributed by atoms with Gasteiger partial charge in [0.1, 0.15) is 0 Å². The molecule has 0 saturated carbocycles. The molecular weight excluding hydrogens is 266 g/mol. The highest BCUT2D eigenvalue weighted by atomic mass is 16.7. The highest BCUT2D eigenvalue weighted by Gasteiger charge is 2.37. The van der Waals surface area contributed by atoms with Gasteiger partial charge in [-0.2, -0.15) is 0 Å². The lowest BCUT2D eigenvalue weighted by molar-refractivity contribution is -0.150. The van der Waals surface area contributed by atoms with E-state index >= 15 is 0 Å². The minimum absolute atomic E-state index is 0.103. The van der Waals surface area contributed by atoms with Crippen LogP contribution in [0, 0.1) is 0 Å². The fourth-order valence-corrected chi connectivity index (χ4v) is 2.46. The molecule has 1 aliphatic rings. The molecule has 4 heteroatoms. The van der Waals surface area contributed by atoms with E-state index < -0.39 is 6.29 Å². The maximum absolute atomic E-state index is 12.5. The molecule has 0 spiro atoms. The van der Waals surface area contributed by atoms with E-state index in [1.54, 1.807) is 0 Å². The van der Waals surface area contributed by atoms with Crippen LogP contribution in [0.1, 0.15) is 31.4 Å². The molecule has 1 aromatic rings. The summed E-state index contributed by atoms with van der Waals surface area (Å²) >= 11 is 0. The third-order valence-electron chi connectivity index (χ3n) is 3.37. The number of hydrogen-bond acceptors (Lipinski definition) is 4. The molecule has 0 N–H and O–H groups in total. The maximum atomic E-state index is 12.5. The summed E-state index contributed by atoms with van der Waals surface area (Å²) in [5.41, 5.74) is 2.74. The summed E-state index contributed by atoms with van der Waals surface area (Å²) in [6, 6.07) is 8.09. The van der Waals surface area contributed by atoms with Gasteiger partial charge < -0.3 is 14.4 Å². The first-order chi connectivity index (χ1) is 10.1. The lowest BCUT2D eigenvalue weighted by Gasteiger charge is -2.16. The topological polar surface area (TPSA) is 38.8 Å². The average Bonchev–Trinajstić information content (AvgIpc) is 2.78. The van der Waals surface area contributed by atoms with Crippen LogP contribution in [0.2, 0.25) is 0 Å². The predicted molar refractivity (Wildman–Crippen MR) is 82.6 cm³/mol. The standard InChI is InChI=1S/C17H23NO3/c1-5-8-12-9-7-10-13(11-12)14-15(19)17(20-6-2)21-16(14)18(3)4/h7,9-11,17H,5-6,8H2,1-4H3. The zero-order chi connectivity index (χ0) is 15.4. The van der Waals surface area contributed by atoms with E-state index in [-0.39, 0.29) is 5.78 Å². The van der Waals surface area contributed by atoms with Crippen LogP contribution in [-0.4, -0.2) is 37.7 Å². The van der Waals surface area contributed by atoms with Crippen LogP contribution in [-0.2, 0) is 20.7 Å². The summed E-state index contributed by atoms with van der Waals surface area (Å²) in [5.74, 6) is 0.473. The van der Waals surface area contributed by atoms with E-state index in [9.17, 15) is 4.79 Å². The van der Waals surface area contributed by atoms with Gasteiger partial charge in [-0.1, -0.05) is 37.6 Å². The number of carbonyl (C=O) groups is 1. The molecule has 0 bridgehead atoms. The summed E-state index contributed by atoms with van der Waals surface area (Å²) in [6.45, 7) is 4.44. The summed E-state index contributed by atoms with van der Waals surface area (Å²) in [7, 11) is 3.74. The molecule has 0 aliphatic carbocycles. The second-order valence-corrected chi connectivity index (χ2v) is 5.29. The Morgan fingerprint density at radius 2 is 2.05 bits per heavy atom. The van der Waals surface area contributed by atoms with Crippen molar-refractivity contribution >= 4 is 11.4 Å². The van der Waals surface area contributed by atoms with E-state index in [2.05, 4.69) is 19.1 Å². The van der Waals surface area contributed by atoms with Crippen molar-refractivity contribution in [1.82, 2.24) is 4.90 Å². The van der Waals surface area contributed by atoms with Gasteiger partial charge in [0.25, 0.3) is 6.29 Å². The van der Waals surface area contributed by atoms with E-state index in [1.807, 2.05) is 38.1 Å². The van der Waals surface area contributed by atoms with E-state index in [0.717, 1.165) is 18.4 Å². The van der Waals surface area contributed by atoms with Gasteiger partial charge in [-0.05, 0) is 24.5 Å². The Kier molecular flexibility index (Phi) is 5.02. The molecule has 21 heavy (non-hydrogen) atoms. The molecule has 0 radical (unpaired) electrons. The molecule has 1 aromatic carbocycles. The van der Waals surface area contributed by atoms with Gasteiger partial charge in [0, 0.05) is 20.7 Å². The Balaban J connectivity index is 2.40. The normalized spacial score (nSPS) is 18.1. The first kappa shape index (κ1) is 15.6. The molecule has 114 valence electrons. The van der Waals surface area contributed by atoms with Gasteiger partial charge in [0.05, 0.1) is 5.57 Å². The number of ether oxygens (including phenoxy) is 2. The predicted octanol–water partition coefficient (Wildman–Crippen LogP) is 2.83. The lowest BCUT2D eigenvalue weighted by atomic mass is 9.99. The molecule has 0 saturated heterocycles. The van der Waals surface area contributed by atoms with Crippen LogP contribution < -0.4 is 0 Å². The van der Waals surface area contributed by atoms with Crippen molar-refractivity contribution in [3.8, 4) is 0 Å². The highest BCUT2D eigenvalue weighted by molar-refractivity contribution is 6.24. The van der Waals surface area contributed by atoms with Gasteiger partial charge in [-0.3, -0.25) is 4.79 Å². The van der Waals surface area contributed by atoms with Crippen molar-refractivity contribution < 1.29 is 14.3 Å². The van der Waals surface area contributed by atoms with Gasteiger partial charge in [-0.15, -0.1) is 0 Å². The zero-order valence-electron chi connectivity index (χ0n) is 13.2. The largest absolute Gasteiger partial charge is 0.441 e. The highest BCUT2D eigenvalue weighted by Crippen LogP contribution is 2.32. The number of rotatable bonds is 6. The fraction of sp³-hybridized carbons (Fsp3) is 0.471. The van der Waals surface area contributed by atoms with E-state index in [0.29, 0.717) is 18.1 Å². The maximum Gasteiger partial charge on any atom is 0.266 e. The molecule has 0 fully saturated rings. The van der Waals surface area contributed by atoms with Crippen LogP contribution in [0.5, 0.6) is 0 Å². The second kappa shape index (κ2) is 6.76. The quantitative estimate of drug-likeness (QED) is 0.807. The summed E-state index contributed by atoms with van der Waals surface area (Å²) in [5, 5.41) is 0. The molecule has 1 heterocycles. The first-order valence-corrected chi connectivity index (χ1v) is 7.41. The summed E-state index contributed by atoms with van der Waals surface area (Å²) in [6.07, 6.45) is 1.26. The minimum Gasteiger partial charge on any atom is -0.441 e. The van der Waals surface area contributed by atoms with E-state index in [4.69, 9.17) is 9.47 Å². The molecule has 2 rings (SSSR count). The molecular formula is C17H23NO3. The van der Waals surface area contributed by atoms with Crippen molar-refractivity contribution in [2.45, 2.75) is 33.0 Å². The Hall–Kier alpha value is -1.81. The van der Waals surface area contributed by atoms with Crippen LogP contribution in [0.4, 0.5) is 0 Å². The number of aryl methyl sites for hydroxylation is 1. The number of ketones is 1. The van der Waals surface area contributed by atoms with Crippen molar-refractivity contribution in [1.29, 1.82) is 0 Å². The first-order valence-electron chi connectivity index (χ1n) is 7.41. The Labute approximate surface area is 126 Å². The molecule has 1 aliphatic heterocycles. The van der Waals surface area contributed by atoms with Crippen molar-refractivity contribution in [2.24, 2.45) is 0 Å².